The molecule has 5 aromatic rings. The van der Waals surface area contributed by atoms with Crippen LogP contribution in [0.4, 0.5) is 13.2 Å². The van der Waals surface area contributed by atoms with Gasteiger partial charge in [0.15, 0.2) is 5.78 Å². The third kappa shape index (κ3) is 4.86. The average Bonchev–Trinajstić information content (AvgIpc) is 3.53. The van der Waals surface area contributed by atoms with Crippen LogP contribution in [0.3, 0.4) is 0 Å². The first-order valence-corrected chi connectivity index (χ1v) is 15.6. The molecular formula is C35H30F3N5O7. The fourth-order valence-corrected chi connectivity index (χ4v) is 6.54. The van der Waals surface area contributed by atoms with E-state index in [1.165, 1.54) is 40.4 Å². The lowest BCUT2D eigenvalue weighted by atomic mass is 9.71. The number of carbonyl (C=O) groups is 1. The fraction of sp³-hybridized carbons (Fsp3) is 0.286. The summed E-state index contributed by atoms with van der Waals surface area (Å²) in [6.07, 6.45) is -2.69. The number of fused-ring (bicyclic) bond motifs is 5. The Morgan fingerprint density at radius 1 is 0.980 bits per heavy atom. The molecule has 0 saturated heterocycles. The van der Waals surface area contributed by atoms with E-state index in [0.717, 1.165) is 12.1 Å². The second kappa shape index (κ2) is 11.1. The van der Waals surface area contributed by atoms with Crippen molar-refractivity contribution in [1.29, 1.82) is 0 Å². The number of aromatic hydroxyl groups is 3. The summed E-state index contributed by atoms with van der Waals surface area (Å²) in [6, 6.07) is 7.98. The van der Waals surface area contributed by atoms with Crippen molar-refractivity contribution < 1.29 is 42.8 Å². The number of phenols is 2. The fourth-order valence-electron chi connectivity index (χ4n) is 6.54. The number of hydrogen-bond acceptors (Lipinski definition) is 10. The molecule has 4 heterocycles. The van der Waals surface area contributed by atoms with E-state index in [4.69, 9.17) is 4.74 Å². The number of ether oxygens (including phenoxy) is 2. The van der Waals surface area contributed by atoms with Crippen LogP contribution in [0.25, 0.3) is 34.1 Å². The first kappa shape index (κ1) is 32.7. The van der Waals surface area contributed by atoms with Crippen LogP contribution in [0.2, 0.25) is 0 Å². The van der Waals surface area contributed by atoms with Gasteiger partial charge in [-0.25, -0.2) is 14.5 Å². The SMILES string of the molecule is Cc1nn(-c2ccc(OC(F)(F)F)cc2)c2c1C(=O)[C@@]1(C)C(=C2)Oc2c(-c3ccc4c(O)nc(=O)n(CCC(C)C)c4n3)c(O)c(C)c(O)c21. The molecule has 50 heavy (non-hydrogen) atoms. The number of Topliss-reactive ketones (excluding diaryl/α,β-unsaturated/α-hetero) is 1. The number of hydrogen-bond donors (Lipinski definition) is 3. The molecule has 12 nitrogen and oxygen atoms in total. The maximum Gasteiger partial charge on any atom is 0.573 e. The maximum absolute atomic E-state index is 14.5. The minimum Gasteiger partial charge on any atom is -0.507 e. The van der Waals surface area contributed by atoms with Crippen LogP contribution in [-0.2, 0) is 12.0 Å². The summed E-state index contributed by atoms with van der Waals surface area (Å²) in [5, 5.41) is 38.1. The van der Waals surface area contributed by atoms with Crippen LogP contribution in [-0.4, -0.2) is 51.8 Å². The van der Waals surface area contributed by atoms with Crippen LogP contribution >= 0.6 is 0 Å². The molecular weight excluding hydrogens is 659 g/mol. The van der Waals surface area contributed by atoms with Gasteiger partial charge in [-0.3, -0.25) is 9.36 Å². The van der Waals surface area contributed by atoms with E-state index in [1.54, 1.807) is 19.9 Å². The number of aromatic nitrogens is 5. The number of halogens is 3. The molecule has 0 unspecified atom stereocenters. The van der Waals surface area contributed by atoms with Crippen LogP contribution in [0.15, 0.2) is 47.0 Å². The largest absolute Gasteiger partial charge is 0.573 e. The van der Waals surface area contributed by atoms with Crippen molar-refractivity contribution >= 4 is 22.9 Å². The monoisotopic (exact) mass is 689 g/mol. The summed E-state index contributed by atoms with van der Waals surface area (Å²) in [5.74, 6) is -1.85. The molecule has 7 rings (SSSR count). The van der Waals surface area contributed by atoms with Gasteiger partial charge >= 0.3 is 12.1 Å². The first-order chi connectivity index (χ1) is 23.5. The van der Waals surface area contributed by atoms with E-state index >= 15 is 0 Å². The molecule has 0 bridgehead atoms. The minimum atomic E-state index is -4.87. The van der Waals surface area contributed by atoms with Gasteiger partial charge in [0.1, 0.15) is 39.8 Å². The molecule has 0 amide bonds. The number of alkyl halides is 3. The highest BCUT2D eigenvalue weighted by atomic mass is 19.4. The van der Waals surface area contributed by atoms with Crippen molar-refractivity contribution in [1.82, 2.24) is 24.3 Å². The average molecular weight is 690 g/mol. The van der Waals surface area contributed by atoms with Crippen LogP contribution in [0.1, 0.15) is 60.1 Å². The molecule has 258 valence electrons. The molecule has 3 aromatic heterocycles. The lowest BCUT2D eigenvalue weighted by molar-refractivity contribution is -0.274. The van der Waals surface area contributed by atoms with Gasteiger partial charge in [-0.2, -0.15) is 10.1 Å². The van der Waals surface area contributed by atoms with E-state index < -0.39 is 34.9 Å². The highest BCUT2D eigenvalue weighted by Crippen LogP contribution is 2.60. The van der Waals surface area contributed by atoms with Crippen molar-refractivity contribution in [3.63, 3.8) is 0 Å². The summed E-state index contributed by atoms with van der Waals surface area (Å²) < 4.78 is 51.3. The van der Waals surface area contributed by atoms with Gasteiger partial charge in [0.05, 0.1) is 44.8 Å². The van der Waals surface area contributed by atoms with E-state index in [9.17, 15) is 38.1 Å². The Kier molecular flexibility index (Phi) is 7.24. The molecule has 0 fully saturated rings. The number of ketones is 1. The number of pyridine rings is 1. The molecule has 0 radical (unpaired) electrons. The Morgan fingerprint density at radius 3 is 2.34 bits per heavy atom. The molecule has 2 aromatic carbocycles. The maximum atomic E-state index is 14.5. The van der Waals surface area contributed by atoms with Crippen molar-refractivity contribution in [2.24, 2.45) is 5.92 Å². The van der Waals surface area contributed by atoms with Crippen molar-refractivity contribution in [2.75, 3.05) is 0 Å². The molecule has 1 atom stereocenters. The molecule has 1 aliphatic heterocycles. The quantitative estimate of drug-likeness (QED) is 0.187. The lowest BCUT2D eigenvalue weighted by Crippen LogP contribution is -2.36. The van der Waals surface area contributed by atoms with Crippen molar-refractivity contribution in [3.8, 4) is 45.8 Å². The van der Waals surface area contributed by atoms with E-state index in [1.807, 2.05) is 13.8 Å². The zero-order chi connectivity index (χ0) is 36.0. The molecule has 2 aliphatic rings. The Morgan fingerprint density at radius 2 is 1.68 bits per heavy atom. The standard InChI is InChI=1S/C35H30F3N5O7/c1-15(2)12-13-42-31-20(32(47)40-33(42)48)10-11-21(39-31)25-27(44)16(3)28(45)26-29(25)49-23-14-22-24(30(46)34(23,26)5)17(4)41-43(22)18-6-8-19(9-7-18)50-35(36,37)38/h6-11,14-15,44-45H,12-13H2,1-5H3,(H,40,47,48)/t34-/m0/s1. The number of rotatable bonds is 6. The van der Waals surface area contributed by atoms with Crippen molar-refractivity contribution in [3.05, 3.63) is 80.7 Å². The van der Waals surface area contributed by atoms with Crippen molar-refractivity contribution in [2.45, 2.75) is 59.4 Å². The van der Waals surface area contributed by atoms with E-state index in [-0.39, 0.29) is 74.5 Å². The van der Waals surface area contributed by atoms with Gasteiger partial charge < -0.3 is 24.8 Å². The third-order valence-electron chi connectivity index (χ3n) is 9.19. The number of carbonyl (C=O) groups excluding carboxylic acids is 1. The second-order valence-corrected chi connectivity index (χ2v) is 12.9. The summed E-state index contributed by atoms with van der Waals surface area (Å²) in [6.45, 7) is 8.92. The Bertz CT molecular complexity index is 2360. The minimum absolute atomic E-state index is 0.0372. The Hall–Kier alpha value is -5.86. The zero-order valence-electron chi connectivity index (χ0n) is 27.4. The molecule has 0 saturated carbocycles. The van der Waals surface area contributed by atoms with E-state index in [2.05, 4.69) is 19.8 Å². The van der Waals surface area contributed by atoms with Crippen LogP contribution in [0, 0.1) is 19.8 Å². The van der Waals surface area contributed by atoms with Gasteiger partial charge in [0.2, 0.25) is 5.88 Å². The number of nitrogens with zero attached hydrogens (tertiary/aromatic N) is 5. The number of phenolic OH excluding ortho intramolecular Hbond substituents is 2. The van der Waals surface area contributed by atoms with Crippen LogP contribution < -0.4 is 15.2 Å². The third-order valence-corrected chi connectivity index (χ3v) is 9.19. The van der Waals surface area contributed by atoms with Gasteiger partial charge in [0.25, 0.3) is 0 Å². The highest BCUT2D eigenvalue weighted by molar-refractivity contribution is 6.14. The lowest BCUT2D eigenvalue weighted by Gasteiger charge is -2.27. The summed E-state index contributed by atoms with van der Waals surface area (Å²) in [4.78, 5) is 35.8. The Labute approximate surface area is 281 Å². The summed E-state index contributed by atoms with van der Waals surface area (Å²) in [7, 11) is 0. The van der Waals surface area contributed by atoms with Crippen LogP contribution in [0.5, 0.6) is 28.9 Å². The predicted molar refractivity (Wildman–Crippen MR) is 174 cm³/mol. The predicted octanol–water partition coefficient (Wildman–Crippen LogP) is 6.21. The number of aryl methyl sites for hydroxylation is 2. The van der Waals surface area contributed by atoms with Gasteiger partial charge in [-0.1, -0.05) is 13.8 Å². The number of allylic oxidation sites excluding steroid dienone is 1. The Balaban J connectivity index is 1.39. The van der Waals surface area contributed by atoms with Gasteiger partial charge in [-0.05, 0) is 69.5 Å². The summed E-state index contributed by atoms with van der Waals surface area (Å²) in [5.41, 5.74) is -0.695. The topological polar surface area (TPSA) is 162 Å². The van der Waals surface area contributed by atoms with Gasteiger partial charge in [-0.15, -0.1) is 13.2 Å². The normalized spacial score (nSPS) is 16.7. The summed E-state index contributed by atoms with van der Waals surface area (Å²) >= 11 is 0. The molecule has 1 aliphatic carbocycles. The number of benzene rings is 2. The second-order valence-electron chi connectivity index (χ2n) is 12.9. The smallest absolute Gasteiger partial charge is 0.507 e. The first-order valence-electron chi connectivity index (χ1n) is 15.6. The van der Waals surface area contributed by atoms with Gasteiger partial charge in [0, 0.05) is 18.2 Å². The molecule has 15 heteroatoms. The molecule has 3 N–H and O–H groups in total. The zero-order valence-corrected chi connectivity index (χ0v) is 27.4. The highest BCUT2D eigenvalue weighted by Gasteiger charge is 2.55. The van der Waals surface area contributed by atoms with E-state index in [0.29, 0.717) is 23.5 Å². The molecule has 0 spiro atoms.